The molecule has 7 nitrogen and oxygen atoms in total. The van der Waals surface area contributed by atoms with Crippen LogP contribution in [0.2, 0.25) is 0 Å². The predicted octanol–water partition coefficient (Wildman–Crippen LogP) is 2.69. The summed E-state index contributed by atoms with van der Waals surface area (Å²) >= 11 is 0. The van der Waals surface area contributed by atoms with Crippen LogP contribution in [0.5, 0.6) is 11.5 Å². The van der Waals surface area contributed by atoms with Crippen molar-refractivity contribution in [1.82, 2.24) is 15.6 Å². The molecule has 0 saturated carbocycles. The molecule has 26 heavy (non-hydrogen) atoms. The Balaban J connectivity index is 0.00000169. The van der Waals surface area contributed by atoms with Gasteiger partial charge in [0, 0.05) is 18.7 Å². The van der Waals surface area contributed by atoms with Crippen LogP contribution < -0.4 is 20.1 Å². The standard InChI is InChI=1S/C17H21N3O4.2ClH/c1-2-5-18-6-7-19-17(21)15-16(24-11-20-15)12-3-4-13-14(10-12)23-9-8-22-13;;/h3-4,10-11,18H,2,5-9H2,1H3,(H,19,21);2*1H. The van der Waals surface area contributed by atoms with Crippen molar-refractivity contribution in [2.24, 2.45) is 0 Å². The number of aromatic nitrogens is 1. The topological polar surface area (TPSA) is 85.6 Å². The second kappa shape index (κ2) is 10.9. The first-order valence-electron chi connectivity index (χ1n) is 8.12. The lowest BCUT2D eigenvalue weighted by Gasteiger charge is -2.18. The highest BCUT2D eigenvalue weighted by Gasteiger charge is 2.20. The number of amides is 1. The largest absolute Gasteiger partial charge is 0.486 e. The maximum Gasteiger partial charge on any atom is 0.273 e. The van der Waals surface area contributed by atoms with E-state index in [2.05, 4.69) is 22.5 Å². The van der Waals surface area contributed by atoms with Gasteiger partial charge in [-0.05, 0) is 31.2 Å². The number of nitrogens with one attached hydrogen (secondary N) is 2. The van der Waals surface area contributed by atoms with Gasteiger partial charge in [-0.3, -0.25) is 4.79 Å². The molecular formula is C17H23Cl2N3O4. The van der Waals surface area contributed by atoms with Gasteiger partial charge in [0.1, 0.15) is 13.2 Å². The van der Waals surface area contributed by atoms with Crippen molar-refractivity contribution in [2.45, 2.75) is 13.3 Å². The van der Waals surface area contributed by atoms with Gasteiger partial charge in [0.15, 0.2) is 29.3 Å². The number of oxazole rings is 1. The van der Waals surface area contributed by atoms with E-state index in [9.17, 15) is 4.79 Å². The first-order valence-corrected chi connectivity index (χ1v) is 8.12. The molecule has 0 unspecified atom stereocenters. The van der Waals surface area contributed by atoms with Gasteiger partial charge in [0.05, 0.1) is 0 Å². The fourth-order valence-corrected chi connectivity index (χ4v) is 2.45. The van der Waals surface area contributed by atoms with Gasteiger partial charge in [-0.25, -0.2) is 4.98 Å². The molecule has 0 spiro atoms. The van der Waals surface area contributed by atoms with E-state index >= 15 is 0 Å². The number of nitrogens with zero attached hydrogens (tertiary/aromatic N) is 1. The van der Waals surface area contributed by atoms with Crippen LogP contribution in [0.1, 0.15) is 23.8 Å². The molecule has 9 heteroatoms. The summed E-state index contributed by atoms with van der Waals surface area (Å²) in [5.74, 6) is 1.50. The van der Waals surface area contributed by atoms with Crippen molar-refractivity contribution in [2.75, 3.05) is 32.8 Å². The van der Waals surface area contributed by atoms with Gasteiger partial charge in [-0.15, -0.1) is 24.8 Å². The molecule has 1 aliphatic rings. The second-order valence-electron chi connectivity index (χ2n) is 5.39. The fourth-order valence-electron chi connectivity index (χ4n) is 2.45. The molecule has 144 valence electrons. The Hall–Kier alpha value is -1.96. The Kier molecular flexibility index (Phi) is 9.26. The van der Waals surface area contributed by atoms with E-state index in [1.165, 1.54) is 6.39 Å². The lowest BCUT2D eigenvalue weighted by Crippen LogP contribution is -2.32. The van der Waals surface area contributed by atoms with Crippen molar-refractivity contribution < 1.29 is 18.7 Å². The smallest absolute Gasteiger partial charge is 0.273 e. The van der Waals surface area contributed by atoms with Crippen molar-refractivity contribution in [3.63, 3.8) is 0 Å². The van der Waals surface area contributed by atoms with Gasteiger partial charge in [0.25, 0.3) is 5.91 Å². The first-order chi connectivity index (χ1) is 11.8. The lowest BCUT2D eigenvalue weighted by atomic mass is 10.1. The third kappa shape index (κ3) is 5.27. The minimum absolute atomic E-state index is 0. The van der Waals surface area contributed by atoms with Gasteiger partial charge in [0.2, 0.25) is 0 Å². The van der Waals surface area contributed by atoms with E-state index in [0.717, 1.165) is 25.1 Å². The number of fused-ring (bicyclic) bond motifs is 1. The van der Waals surface area contributed by atoms with Gasteiger partial charge >= 0.3 is 0 Å². The summed E-state index contributed by atoms with van der Waals surface area (Å²) in [6.45, 7) is 5.32. The molecule has 1 amide bonds. The Morgan fingerprint density at radius 2 is 1.88 bits per heavy atom. The lowest BCUT2D eigenvalue weighted by molar-refractivity contribution is 0.0950. The number of carbonyl (C=O) groups excluding carboxylic acids is 1. The van der Waals surface area contributed by atoms with Crippen molar-refractivity contribution in [3.05, 3.63) is 30.3 Å². The number of carbonyl (C=O) groups is 1. The molecule has 1 aromatic heterocycles. The molecule has 0 bridgehead atoms. The normalized spacial score (nSPS) is 11.9. The van der Waals surface area contributed by atoms with Crippen molar-refractivity contribution >= 4 is 30.7 Å². The van der Waals surface area contributed by atoms with E-state index in [0.29, 0.717) is 37.0 Å². The SMILES string of the molecule is CCCNCCNC(=O)c1ncoc1-c1ccc2c(c1)OCCO2.Cl.Cl. The zero-order valence-electron chi connectivity index (χ0n) is 14.4. The molecule has 1 aliphatic heterocycles. The van der Waals surface area contributed by atoms with E-state index in [4.69, 9.17) is 13.9 Å². The van der Waals surface area contributed by atoms with Crippen molar-refractivity contribution in [3.8, 4) is 22.8 Å². The average molecular weight is 404 g/mol. The van der Waals surface area contributed by atoms with Crippen LogP contribution in [0.15, 0.2) is 29.0 Å². The molecule has 0 radical (unpaired) electrons. The summed E-state index contributed by atoms with van der Waals surface area (Å²) in [6, 6.07) is 5.44. The number of ether oxygens (including phenoxy) is 2. The Labute approximate surface area is 164 Å². The zero-order chi connectivity index (χ0) is 16.8. The Morgan fingerprint density at radius 1 is 1.12 bits per heavy atom. The molecule has 3 rings (SSSR count). The van der Waals surface area contributed by atoms with Crippen LogP contribution in [0, 0.1) is 0 Å². The maximum atomic E-state index is 12.3. The van der Waals surface area contributed by atoms with Crippen LogP contribution in [0.3, 0.4) is 0 Å². The summed E-state index contributed by atoms with van der Waals surface area (Å²) in [5.41, 5.74) is 0.994. The Bertz CT molecular complexity index is 709. The summed E-state index contributed by atoms with van der Waals surface area (Å²) in [7, 11) is 0. The number of hydrogen-bond acceptors (Lipinski definition) is 6. The predicted molar refractivity (Wildman–Crippen MR) is 103 cm³/mol. The minimum Gasteiger partial charge on any atom is -0.486 e. The molecular weight excluding hydrogens is 381 g/mol. The monoisotopic (exact) mass is 403 g/mol. The third-order valence-electron chi connectivity index (χ3n) is 3.60. The van der Waals surface area contributed by atoms with Gasteiger partial charge < -0.3 is 24.5 Å². The molecule has 0 atom stereocenters. The van der Waals surface area contributed by atoms with Crippen LogP contribution >= 0.6 is 24.8 Å². The van der Waals surface area contributed by atoms with E-state index < -0.39 is 0 Å². The fraction of sp³-hybridized carbons (Fsp3) is 0.412. The molecule has 0 aliphatic carbocycles. The number of halogens is 2. The van der Waals surface area contributed by atoms with Gasteiger partial charge in [-0.2, -0.15) is 0 Å². The molecule has 0 saturated heterocycles. The molecule has 2 heterocycles. The molecule has 2 N–H and O–H groups in total. The minimum atomic E-state index is -0.257. The third-order valence-corrected chi connectivity index (χ3v) is 3.60. The van der Waals surface area contributed by atoms with E-state index in [1.807, 2.05) is 12.1 Å². The summed E-state index contributed by atoms with van der Waals surface area (Å²) in [6.07, 6.45) is 2.34. The highest BCUT2D eigenvalue weighted by Crippen LogP contribution is 2.35. The summed E-state index contributed by atoms with van der Waals surface area (Å²) in [4.78, 5) is 16.4. The van der Waals surface area contributed by atoms with Crippen LogP contribution in [-0.2, 0) is 0 Å². The molecule has 0 fully saturated rings. The summed E-state index contributed by atoms with van der Waals surface area (Å²) < 4.78 is 16.5. The maximum absolute atomic E-state index is 12.3. The molecule has 1 aromatic carbocycles. The second-order valence-corrected chi connectivity index (χ2v) is 5.39. The summed E-state index contributed by atoms with van der Waals surface area (Å²) in [5, 5.41) is 6.06. The quantitative estimate of drug-likeness (QED) is 0.691. The van der Waals surface area contributed by atoms with Crippen LogP contribution in [0.25, 0.3) is 11.3 Å². The van der Waals surface area contributed by atoms with Gasteiger partial charge in [-0.1, -0.05) is 6.92 Å². The van der Waals surface area contributed by atoms with Crippen LogP contribution in [-0.4, -0.2) is 43.7 Å². The highest BCUT2D eigenvalue weighted by molar-refractivity contribution is 5.97. The molecule has 2 aromatic rings. The van der Waals surface area contributed by atoms with E-state index in [1.54, 1.807) is 6.07 Å². The Morgan fingerprint density at radius 3 is 2.65 bits per heavy atom. The van der Waals surface area contributed by atoms with Crippen molar-refractivity contribution in [1.29, 1.82) is 0 Å². The number of hydrogen-bond donors (Lipinski definition) is 2. The van der Waals surface area contributed by atoms with Crippen LogP contribution in [0.4, 0.5) is 0 Å². The highest BCUT2D eigenvalue weighted by atomic mass is 35.5. The number of benzene rings is 1. The van der Waals surface area contributed by atoms with E-state index in [-0.39, 0.29) is 36.4 Å². The average Bonchev–Trinajstić information content (AvgIpc) is 3.11. The zero-order valence-corrected chi connectivity index (χ0v) is 16.1. The first kappa shape index (κ1) is 22.1. The number of rotatable bonds is 7.